The summed E-state index contributed by atoms with van der Waals surface area (Å²) < 4.78 is 1.12. The van der Waals surface area contributed by atoms with Gasteiger partial charge < -0.3 is 5.32 Å². The number of aryl methyl sites for hydroxylation is 3. The zero-order valence-corrected chi connectivity index (χ0v) is 15.9. The van der Waals surface area contributed by atoms with Gasteiger partial charge in [-0.15, -0.1) is 0 Å². The third kappa shape index (κ3) is 3.54. The van der Waals surface area contributed by atoms with Crippen molar-refractivity contribution < 1.29 is 4.79 Å². The van der Waals surface area contributed by atoms with Gasteiger partial charge in [0.2, 0.25) is 5.91 Å². The Kier molecular flexibility index (Phi) is 5.06. The molecule has 1 unspecified atom stereocenters. The Bertz CT molecular complexity index is 736. The van der Waals surface area contributed by atoms with Crippen molar-refractivity contribution in [3.8, 4) is 0 Å². The molecule has 1 fully saturated rings. The Morgan fingerprint density at radius 2 is 2.21 bits per heavy atom. The van der Waals surface area contributed by atoms with Crippen molar-refractivity contribution in [1.82, 2.24) is 15.1 Å². The number of aromatic nitrogens is 2. The second-order valence-electron chi connectivity index (χ2n) is 6.49. The third-order valence-corrected chi connectivity index (χ3v) is 5.56. The fourth-order valence-electron chi connectivity index (χ4n) is 3.37. The van der Waals surface area contributed by atoms with Crippen LogP contribution in [0.1, 0.15) is 41.4 Å². The van der Waals surface area contributed by atoms with Crippen molar-refractivity contribution in [2.75, 3.05) is 18.4 Å². The molecule has 1 aromatic carbocycles. The van der Waals surface area contributed by atoms with E-state index in [1.165, 1.54) is 11.1 Å². The number of halogens is 1. The van der Waals surface area contributed by atoms with Gasteiger partial charge in [0.25, 0.3) is 0 Å². The SMILES string of the molecule is Cc1cc(C2CCCN2CC(=O)Nc2c(C)n[nH]c2C)ccc1Br. The summed E-state index contributed by atoms with van der Waals surface area (Å²) in [7, 11) is 0. The topological polar surface area (TPSA) is 61.0 Å². The van der Waals surface area contributed by atoms with Crippen molar-refractivity contribution in [1.29, 1.82) is 0 Å². The summed E-state index contributed by atoms with van der Waals surface area (Å²) in [6.07, 6.45) is 2.22. The Balaban J connectivity index is 1.69. The molecule has 1 aromatic heterocycles. The van der Waals surface area contributed by atoms with Gasteiger partial charge in [-0.25, -0.2) is 0 Å². The van der Waals surface area contributed by atoms with Crippen molar-refractivity contribution in [2.24, 2.45) is 0 Å². The number of anilines is 1. The van der Waals surface area contributed by atoms with E-state index in [2.05, 4.69) is 61.5 Å². The first kappa shape index (κ1) is 17.2. The van der Waals surface area contributed by atoms with Gasteiger partial charge in [-0.2, -0.15) is 5.10 Å². The van der Waals surface area contributed by atoms with Crippen LogP contribution >= 0.6 is 15.9 Å². The first-order chi connectivity index (χ1) is 11.5. The van der Waals surface area contributed by atoms with Gasteiger partial charge >= 0.3 is 0 Å². The second-order valence-corrected chi connectivity index (χ2v) is 7.35. The van der Waals surface area contributed by atoms with Crippen LogP contribution in [-0.2, 0) is 4.79 Å². The normalized spacial score (nSPS) is 18.1. The molecule has 1 atom stereocenters. The molecule has 0 radical (unpaired) electrons. The van der Waals surface area contributed by atoms with E-state index in [0.29, 0.717) is 12.6 Å². The predicted octanol–water partition coefficient (Wildman–Crippen LogP) is 3.87. The molecule has 1 amide bonds. The molecule has 2 aromatic rings. The first-order valence-electron chi connectivity index (χ1n) is 8.27. The van der Waals surface area contributed by atoms with Crippen LogP contribution in [0.3, 0.4) is 0 Å². The number of carbonyl (C=O) groups excluding carboxylic acids is 1. The highest BCUT2D eigenvalue weighted by Crippen LogP contribution is 2.33. The lowest BCUT2D eigenvalue weighted by molar-refractivity contribution is -0.117. The molecule has 3 rings (SSSR count). The summed E-state index contributed by atoms with van der Waals surface area (Å²) in [5.41, 5.74) is 5.03. The van der Waals surface area contributed by atoms with Crippen LogP contribution in [0, 0.1) is 20.8 Å². The second kappa shape index (κ2) is 7.07. The summed E-state index contributed by atoms with van der Waals surface area (Å²) in [5, 5.41) is 10.0. The lowest BCUT2D eigenvalue weighted by atomic mass is 10.0. The molecule has 1 aliphatic heterocycles. The third-order valence-electron chi connectivity index (χ3n) is 4.67. The van der Waals surface area contributed by atoms with E-state index in [4.69, 9.17) is 0 Å². The van der Waals surface area contributed by atoms with E-state index in [1.54, 1.807) is 0 Å². The summed E-state index contributed by atoms with van der Waals surface area (Å²) >= 11 is 3.55. The highest BCUT2D eigenvalue weighted by molar-refractivity contribution is 9.10. The molecule has 0 aliphatic carbocycles. The predicted molar refractivity (Wildman–Crippen MR) is 99.1 cm³/mol. The number of hydrogen-bond donors (Lipinski definition) is 2. The first-order valence-corrected chi connectivity index (χ1v) is 9.06. The maximum Gasteiger partial charge on any atom is 0.238 e. The number of aromatic amines is 1. The van der Waals surface area contributed by atoms with Crippen molar-refractivity contribution in [3.63, 3.8) is 0 Å². The average molecular weight is 391 g/mol. The fourth-order valence-corrected chi connectivity index (χ4v) is 3.61. The summed E-state index contributed by atoms with van der Waals surface area (Å²) in [5.74, 6) is 0.0170. The average Bonchev–Trinajstić information content (AvgIpc) is 3.12. The molecule has 1 saturated heterocycles. The molecule has 24 heavy (non-hydrogen) atoms. The molecule has 1 aliphatic rings. The minimum absolute atomic E-state index is 0.0170. The van der Waals surface area contributed by atoms with E-state index in [9.17, 15) is 4.79 Å². The highest BCUT2D eigenvalue weighted by atomic mass is 79.9. The number of nitrogens with zero attached hydrogens (tertiary/aromatic N) is 2. The summed E-state index contributed by atoms with van der Waals surface area (Å²) in [6, 6.07) is 6.78. The number of amides is 1. The van der Waals surface area contributed by atoms with Gasteiger partial charge in [-0.1, -0.05) is 28.1 Å². The Labute approximate surface area is 151 Å². The Hall–Kier alpha value is -1.66. The fraction of sp³-hybridized carbons (Fsp3) is 0.444. The van der Waals surface area contributed by atoms with Gasteiger partial charge in [0.1, 0.15) is 0 Å². The van der Waals surface area contributed by atoms with E-state index in [0.717, 1.165) is 40.9 Å². The molecule has 0 bridgehead atoms. The van der Waals surface area contributed by atoms with Crippen LogP contribution in [0.5, 0.6) is 0 Å². The number of rotatable bonds is 4. The maximum atomic E-state index is 12.5. The van der Waals surface area contributed by atoms with Crippen LogP contribution in [-0.4, -0.2) is 34.1 Å². The molecular formula is C18H23BrN4O. The zero-order chi connectivity index (χ0) is 17.3. The van der Waals surface area contributed by atoms with Crippen LogP contribution < -0.4 is 5.32 Å². The van der Waals surface area contributed by atoms with Crippen LogP contribution in [0.15, 0.2) is 22.7 Å². The molecule has 128 valence electrons. The van der Waals surface area contributed by atoms with Crippen molar-refractivity contribution in [2.45, 2.75) is 39.7 Å². The summed E-state index contributed by atoms with van der Waals surface area (Å²) in [6.45, 7) is 7.27. The standard InChI is InChI=1S/C18H23BrN4O/c1-11-9-14(6-7-15(11)19)16-5-4-8-23(16)10-17(24)20-18-12(2)21-22-13(18)3/h6-7,9,16H,4-5,8,10H2,1-3H3,(H,20,24)(H,21,22). The Morgan fingerprint density at radius 1 is 1.42 bits per heavy atom. The summed E-state index contributed by atoms with van der Waals surface area (Å²) in [4.78, 5) is 14.7. The number of H-pyrrole nitrogens is 1. The van der Waals surface area contributed by atoms with Gasteiger partial charge in [-0.3, -0.25) is 14.8 Å². The molecule has 0 spiro atoms. The zero-order valence-electron chi connectivity index (χ0n) is 14.3. The van der Waals surface area contributed by atoms with E-state index in [1.807, 2.05) is 13.8 Å². The lowest BCUT2D eigenvalue weighted by Crippen LogP contribution is -2.33. The Morgan fingerprint density at radius 3 is 2.88 bits per heavy atom. The maximum absolute atomic E-state index is 12.5. The molecule has 0 saturated carbocycles. The molecule has 2 N–H and O–H groups in total. The molecular weight excluding hydrogens is 368 g/mol. The largest absolute Gasteiger partial charge is 0.322 e. The molecule has 5 nitrogen and oxygen atoms in total. The number of likely N-dealkylation sites (tertiary alicyclic amines) is 1. The molecule has 6 heteroatoms. The minimum Gasteiger partial charge on any atom is -0.322 e. The minimum atomic E-state index is 0.0170. The van der Waals surface area contributed by atoms with Gasteiger partial charge in [-0.05, 0) is 57.4 Å². The van der Waals surface area contributed by atoms with Gasteiger partial charge in [0, 0.05) is 10.5 Å². The van der Waals surface area contributed by atoms with Gasteiger partial charge in [0.15, 0.2) is 0 Å². The lowest BCUT2D eigenvalue weighted by Gasteiger charge is -2.24. The number of nitrogens with one attached hydrogen (secondary N) is 2. The van der Waals surface area contributed by atoms with Crippen molar-refractivity contribution in [3.05, 3.63) is 45.2 Å². The number of benzene rings is 1. The smallest absolute Gasteiger partial charge is 0.238 e. The molecule has 2 heterocycles. The highest BCUT2D eigenvalue weighted by Gasteiger charge is 2.28. The van der Waals surface area contributed by atoms with E-state index in [-0.39, 0.29) is 5.91 Å². The van der Waals surface area contributed by atoms with Crippen LogP contribution in [0.4, 0.5) is 5.69 Å². The van der Waals surface area contributed by atoms with Crippen LogP contribution in [0.25, 0.3) is 0 Å². The van der Waals surface area contributed by atoms with E-state index < -0.39 is 0 Å². The monoisotopic (exact) mass is 390 g/mol. The van der Waals surface area contributed by atoms with Crippen LogP contribution in [0.2, 0.25) is 0 Å². The number of hydrogen-bond acceptors (Lipinski definition) is 3. The van der Waals surface area contributed by atoms with Gasteiger partial charge in [0.05, 0.1) is 23.6 Å². The number of carbonyl (C=O) groups is 1. The quantitative estimate of drug-likeness (QED) is 0.832. The van der Waals surface area contributed by atoms with E-state index >= 15 is 0 Å². The van der Waals surface area contributed by atoms with Crippen molar-refractivity contribution >= 4 is 27.5 Å².